The molecule has 0 amide bonds. The maximum Gasteiger partial charge on any atom is 0.248 e. The number of halogens is 1. The van der Waals surface area contributed by atoms with Crippen LogP contribution in [-0.2, 0) is 16.0 Å². The van der Waals surface area contributed by atoms with Gasteiger partial charge in [0.05, 0.1) is 12.7 Å². The van der Waals surface area contributed by atoms with Gasteiger partial charge in [-0.15, -0.1) is 0 Å². The molecule has 2 aliphatic rings. The Bertz CT molecular complexity index is 837. The fourth-order valence-corrected chi connectivity index (χ4v) is 3.81. The number of benzene rings is 1. The monoisotopic (exact) mass is 419 g/mol. The molecular weight excluding hydrogens is 394 g/mol. The lowest BCUT2D eigenvalue weighted by Crippen LogP contribution is -2.53. The van der Waals surface area contributed by atoms with Gasteiger partial charge in [0, 0.05) is 36.8 Å². The van der Waals surface area contributed by atoms with E-state index in [0.717, 1.165) is 50.6 Å². The van der Waals surface area contributed by atoms with Crippen LogP contribution in [0.2, 0.25) is 5.02 Å². The molecule has 29 heavy (non-hydrogen) atoms. The van der Waals surface area contributed by atoms with Crippen LogP contribution in [0.4, 0.5) is 0 Å². The number of aliphatic imine (C=N–C) groups is 1. The van der Waals surface area contributed by atoms with E-state index in [-0.39, 0.29) is 12.2 Å². The van der Waals surface area contributed by atoms with Crippen molar-refractivity contribution in [2.24, 2.45) is 4.99 Å². The van der Waals surface area contributed by atoms with Crippen LogP contribution in [0.3, 0.4) is 0 Å². The molecule has 0 aliphatic carbocycles. The normalized spacial score (nSPS) is 22.8. The van der Waals surface area contributed by atoms with Gasteiger partial charge in [-0.05, 0) is 31.9 Å². The number of rotatable bonds is 5. The second-order valence-electron chi connectivity index (χ2n) is 7.10. The van der Waals surface area contributed by atoms with Crippen LogP contribution in [-0.4, -0.2) is 66.1 Å². The van der Waals surface area contributed by atoms with Crippen LogP contribution >= 0.6 is 11.6 Å². The van der Waals surface area contributed by atoms with Gasteiger partial charge in [0.15, 0.2) is 5.96 Å². The summed E-state index contributed by atoms with van der Waals surface area (Å²) in [5.74, 6) is 1.79. The predicted molar refractivity (Wildman–Crippen MR) is 110 cm³/mol. The van der Waals surface area contributed by atoms with Gasteiger partial charge in [-0.1, -0.05) is 28.9 Å². The Balaban J connectivity index is 1.43. The fourth-order valence-electron chi connectivity index (χ4n) is 3.62. The van der Waals surface area contributed by atoms with E-state index in [1.807, 2.05) is 24.3 Å². The first-order valence-electron chi connectivity index (χ1n) is 10.1. The Morgan fingerprint density at radius 2 is 2.21 bits per heavy atom. The molecule has 0 saturated carbocycles. The van der Waals surface area contributed by atoms with E-state index >= 15 is 0 Å². The number of nitrogens with zero attached hydrogens (tertiary/aromatic N) is 4. The molecule has 2 atom stereocenters. The minimum absolute atomic E-state index is 0.0768. The van der Waals surface area contributed by atoms with Crippen molar-refractivity contribution in [1.29, 1.82) is 0 Å². The average molecular weight is 420 g/mol. The first-order valence-corrected chi connectivity index (χ1v) is 10.5. The van der Waals surface area contributed by atoms with Crippen molar-refractivity contribution < 1.29 is 14.0 Å². The third-order valence-corrected chi connectivity index (χ3v) is 5.26. The van der Waals surface area contributed by atoms with E-state index in [9.17, 15) is 0 Å². The molecule has 156 valence electrons. The molecule has 1 aromatic heterocycles. The molecule has 2 aromatic rings. The van der Waals surface area contributed by atoms with Crippen molar-refractivity contribution in [1.82, 2.24) is 20.4 Å². The zero-order chi connectivity index (χ0) is 20.1. The summed E-state index contributed by atoms with van der Waals surface area (Å²) in [5.41, 5.74) is 0.816. The van der Waals surface area contributed by atoms with E-state index in [4.69, 9.17) is 30.6 Å². The first-order chi connectivity index (χ1) is 14.2. The van der Waals surface area contributed by atoms with E-state index < -0.39 is 0 Å². The highest BCUT2D eigenvalue weighted by Crippen LogP contribution is 2.22. The number of hydrogen-bond acceptors (Lipinski definition) is 6. The molecule has 2 unspecified atom stereocenters. The van der Waals surface area contributed by atoms with Gasteiger partial charge in [0.1, 0.15) is 12.6 Å². The van der Waals surface area contributed by atoms with Crippen molar-refractivity contribution in [3.63, 3.8) is 0 Å². The quantitative estimate of drug-likeness (QED) is 0.589. The van der Waals surface area contributed by atoms with Gasteiger partial charge >= 0.3 is 0 Å². The molecule has 0 bridgehead atoms. The number of hydrogen-bond donors (Lipinski definition) is 1. The summed E-state index contributed by atoms with van der Waals surface area (Å²) < 4.78 is 17.1. The maximum absolute atomic E-state index is 6.04. The first kappa shape index (κ1) is 20.1. The number of guanidine groups is 1. The van der Waals surface area contributed by atoms with Crippen LogP contribution in [0.25, 0.3) is 11.4 Å². The highest BCUT2D eigenvalue weighted by atomic mass is 35.5. The van der Waals surface area contributed by atoms with Crippen molar-refractivity contribution in [2.75, 3.05) is 32.8 Å². The molecule has 2 aliphatic heterocycles. The minimum atomic E-state index is 0.0768. The average Bonchev–Trinajstić information content (AvgIpc) is 3.43. The molecule has 0 spiro atoms. The highest BCUT2D eigenvalue weighted by molar-refractivity contribution is 6.30. The zero-order valence-corrected chi connectivity index (χ0v) is 17.3. The Morgan fingerprint density at radius 1 is 1.31 bits per heavy atom. The minimum Gasteiger partial charge on any atom is -0.375 e. The summed E-state index contributed by atoms with van der Waals surface area (Å²) in [4.78, 5) is 11.4. The number of nitrogens with one attached hydrogen (secondary N) is 1. The number of ether oxygens (including phenoxy) is 2. The summed E-state index contributed by atoms with van der Waals surface area (Å²) in [6.07, 6.45) is 2.41. The van der Waals surface area contributed by atoms with Crippen molar-refractivity contribution >= 4 is 17.6 Å². The van der Waals surface area contributed by atoms with Crippen LogP contribution in [0.5, 0.6) is 0 Å². The Morgan fingerprint density at radius 3 is 3.00 bits per heavy atom. The Labute approximate surface area is 175 Å². The van der Waals surface area contributed by atoms with Crippen molar-refractivity contribution in [2.45, 2.75) is 38.5 Å². The largest absolute Gasteiger partial charge is 0.375 e. The van der Waals surface area contributed by atoms with Crippen LogP contribution in [0, 0.1) is 0 Å². The van der Waals surface area contributed by atoms with E-state index in [0.29, 0.717) is 29.9 Å². The molecule has 8 nitrogen and oxygen atoms in total. The number of aromatic nitrogens is 2. The van der Waals surface area contributed by atoms with Gasteiger partial charge in [0.25, 0.3) is 0 Å². The second kappa shape index (κ2) is 9.56. The molecule has 3 heterocycles. The van der Waals surface area contributed by atoms with E-state index in [1.54, 1.807) is 0 Å². The van der Waals surface area contributed by atoms with Crippen LogP contribution in [0.15, 0.2) is 33.8 Å². The lowest BCUT2D eigenvalue weighted by atomic mass is 10.1. The maximum atomic E-state index is 6.04. The summed E-state index contributed by atoms with van der Waals surface area (Å²) in [7, 11) is 0. The molecule has 2 fully saturated rings. The van der Waals surface area contributed by atoms with Gasteiger partial charge in [-0.25, -0.2) is 4.99 Å². The van der Waals surface area contributed by atoms with E-state index in [2.05, 4.69) is 27.3 Å². The van der Waals surface area contributed by atoms with Crippen molar-refractivity contribution in [3.8, 4) is 11.4 Å². The van der Waals surface area contributed by atoms with E-state index in [1.165, 1.54) is 0 Å². The third-order valence-electron chi connectivity index (χ3n) is 5.02. The highest BCUT2D eigenvalue weighted by Gasteiger charge is 2.32. The molecule has 2 saturated heterocycles. The third kappa shape index (κ3) is 5.07. The molecule has 0 radical (unpaired) electrons. The number of morpholine rings is 1. The van der Waals surface area contributed by atoms with Gasteiger partial charge in [-0.3, -0.25) is 0 Å². The summed E-state index contributed by atoms with van der Waals surface area (Å²) in [6.45, 7) is 6.16. The SMILES string of the molecule is CCNC(=NCc1nc(-c2cccc(Cl)c2)no1)N1CCOC(C2CCCO2)C1. The summed E-state index contributed by atoms with van der Waals surface area (Å²) in [5, 5.41) is 8.03. The van der Waals surface area contributed by atoms with Crippen molar-refractivity contribution in [3.05, 3.63) is 35.2 Å². The molecule has 9 heteroatoms. The molecule has 1 N–H and O–H groups in total. The standard InChI is InChI=1S/C20H26ClN5O3/c1-2-22-20(26-8-10-28-17(13-26)16-7-4-9-27-16)23-12-18-24-19(25-29-18)14-5-3-6-15(21)11-14/h3,5-6,11,16-17H,2,4,7-10,12-13H2,1H3,(H,22,23). The Hall–Kier alpha value is -2.16. The molecular formula is C20H26ClN5O3. The van der Waals surface area contributed by atoms with Crippen LogP contribution in [0.1, 0.15) is 25.7 Å². The van der Waals surface area contributed by atoms with Gasteiger partial charge in [-0.2, -0.15) is 4.98 Å². The molecule has 1 aromatic carbocycles. The molecule has 4 rings (SSSR count). The zero-order valence-electron chi connectivity index (χ0n) is 16.5. The van der Waals surface area contributed by atoms with Crippen LogP contribution < -0.4 is 5.32 Å². The fraction of sp³-hybridized carbons (Fsp3) is 0.550. The van der Waals surface area contributed by atoms with Gasteiger partial charge < -0.3 is 24.2 Å². The predicted octanol–water partition coefficient (Wildman–Crippen LogP) is 2.74. The lowest BCUT2D eigenvalue weighted by Gasteiger charge is -2.37. The summed E-state index contributed by atoms with van der Waals surface area (Å²) >= 11 is 6.04. The second-order valence-corrected chi connectivity index (χ2v) is 7.54. The Kier molecular flexibility index (Phi) is 6.63. The van der Waals surface area contributed by atoms with Gasteiger partial charge in [0.2, 0.25) is 11.7 Å². The smallest absolute Gasteiger partial charge is 0.248 e. The topological polar surface area (TPSA) is 85.0 Å². The lowest BCUT2D eigenvalue weighted by molar-refractivity contribution is -0.0817. The summed E-state index contributed by atoms with van der Waals surface area (Å²) in [6, 6.07) is 7.37.